The third kappa shape index (κ3) is 7.27. The molecular weight excluding hydrogens is 336 g/mol. The molecular formula is C19H18N2O5. The van der Waals surface area contributed by atoms with E-state index in [1.54, 1.807) is 36.4 Å². The van der Waals surface area contributed by atoms with Gasteiger partial charge in [-0.1, -0.05) is 24.8 Å². The van der Waals surface area contributed by atoms with E-state index in [4.69, 9.17) is 14.7 Å². The number of rotatable bonds is 8. The Kier molecular flexibility index (Phi) is 8.62. The highest BCUT2D eigenvalue weighted by Crippen LogP contribution is 2.10. The summed E-state index contributed by atoms with van der Waals surface area (Å²) in [6, 6.07) is 10.1. The van der Waals surface area contributed by atoms with E-state index in [-0.39, 0.29) is 24.6 Å². The van der Waals surface area contributed by atoms with Gasteiger partial charge in [0.05, 0.1) is 6.54 Å². The lowest BCUT2D eigenvalue weighted by molar-refractivity contribution is -0.139. The molecule has 0 unspecified atom stereocenters. The number of carbonyl (C=O) groups excluding carboxylic acids is 3. The molecule has 134 valence electrons. The van der Waals surface area contributed by atoms with Crippen LogP contribution in [0.3, 0.4) is 0 Å². The fourth-order valence-electron chi connectivity index (χ4n) is 1.69. The number of amides is 1. The van der Waals surface area contributed by atoms with Gasteiger partial charge < -0.3 is 14.4 Å². The van der Waals surface area contributed by atoms with E-state index in [2.05, 4.69) is 6.58 Å². The van der Waals surface area contributed by atoms with Crippen molar-refractivity contribution < 1.29 is 23.9 Å². The molecule has 1 rings (SSSR count). The van der Waals surface area contributed by atoms with Gasteiger partial charge in [-0.3, -0.25) is 4.79 Å². The number of esters is 2. The largest absolute Gasteiger partial charge is 0.461 e. The number of para-hydroxylation sites is 1. The second-order valence-corrected chi connectivity index (χ2v) is 4.82. The normalized spacial score (nSPS) is 10.7. The Morgan fingerprint density at radius 2 is 1.96 bits per heavy atom. The molecule has 0 N–H and O–H groups in total. The van der Waals surface area contributed by atoms with Crippen LogP contribution in [0.5, 0.6) is 5.75 Å². The van der Waals surface area contributed by atoms with E-state index < -0.39 is 11.9 Å². The van der Waals surface area contributed by atoms with Crippen molar-refractivity contribution in [2.24, 2.45) is 0 Å². The number of carbonyl (C=O) groups is 3. The Labute approximate surface area is 151 Å². The summed E-state index contributed by atoms with van der Waals surface area (Å²) >= 11 is 0. The van der Waals surface area contributed by atoms with Crippen LogP contribution in [0.25, 0.3) is 0 Å². The minimum Gasteiger partial charge on any atom is -0.461 e. The van der Waals surface area contributed by atoms with Gasteiger partial charge in [0.2, 0.25) is 5.91 Å². The Balaban J connectivity index is 2.70. The summed E-state index contributed by atoms with van der Waals surface area (Å²) < 4.78 is 9.86. The maximum atomic E-state index is 11.9. The predicted molar refractivity (Wildman–Crippen MR) is 93.5 cm³/mol. The van der Waals surface area contributed by atoms with Gasteiger partial charge in [0.15, 0.2) is 0 Å². The molecule has 0 aliphatic heterocycles. The van der Waals surface area contributed by atoms with Gasteiger partial charge in [-0.15, -0.1) is 0 Å². The molecule has 0 bridgehead atoms. The van der Waals surface area contributed by atoms with Crippen LogP contribution in [0.4, 0.5) is 0 Å². The Bertz CT molecular complexity index is 760. The molecule has 1 amide bonds. The molecule has 1 aromatic rings. The third-order valence-corrected chi connectivity index (χ3v) is 2.97. The highest BCUT2D eigenvalue weighted by molar-refractivity contribution is 5.94. The van der Waals surface area contributed by atoms with Crippen LogP contribution >= 0.6 is 0 Å². The molecule has 7 nitrogen and oxygen atoms in total. The van der Waals surface area contributed by atoms with Crippen molar-refractivity contribution in [3.63, 3.8) is 0 Å². The topological polar surface area (TPSA) is 96.7 Å². The summed E-state index contributed by atoms with van der Waals surface area (Å²) in [6.07, 6.45) is 4.99. The summed E-state index contributed by atoms with van der Waals surface area (Å²) in [5.74, 6) is -1.38. The predicted octanol–water partition coefficient (Wildman–Crippen LogP) is 2.13. The second kappa shape index (κ2) is 11.0. The quantitative estimate of drug-likeness (QED) is 0.233. The maximum Gasteiger partial charge on any atom is 0.354 e. The third-order valence-electron chi connectivity index (χ3n) is 2.97. The van der Waals surface area contributed by atoms with Crippen molar-refractivity contribution in [1.82, 2.24) is 4.90 Å². The number of allylic oxidation sites excluding steroid dienone is 2. The number of nitriles is 1. The molecule has 1 aromatic carbocycles. The summed E-state index contributed by atoms with van der Waals surface area (Å²) in [7, 11) is 0. The molecule has 0 spiro atoms. The number of hydrogen-bond acceptors (Lipinski definition) is 6. The van der Waals surface area contributed by atoms with Gasteiger partial charge in [-0.05, 0) is 24.3 Å². The van der Waals surface area contributed by atoms with Crippen molar-refractivity contribution in [2.75, 3.05) is 13.2 Å². The number of nitrogens with zero attached hydrogens (tertiary/aromatic N) is 2. The van der Waals surface area contributed by atoms with Crippen LogP contribution in [-0.4, -0.2) is 35.9 Å². The molecule has 0 atom stereocenters. The van der Waals surface area contributed by atoms with Gasteiger partial charge in [-0.2, -0.15) is 5.26 Å². The van der Waals surface area contributed by atoms with Gasteiger partial charge >= 0.3 is 11.9 Å². The molecule has 0 aromatic heterocycles. The monoisotopic (exact) mass is 354 g/mol. The highest BCUT2D eigenvalue weighted by atomic mass is 16.5. The summed E-state index contributed by atoms with van der Waals surface area (Å²) in [5, 5.41) is 9.08. The van der Waals surface area contributed by atoms with Crippen LogP contribution < -0.4 is 4.74 Å². The minimum atomic E-state index is -0.808. The van der Waals surface area contributed by atoms with E-state index in [1.807, 2.05) is 0 Å². The summed E-state index contributed by atoms with van der Waals surface area (Å²) in [4.78, 5) is 35.7. The zero-order chi connectivity index (χ0) is 19.4. The number of ether oxygens (including phenoxy) is 2. The van der Waals surface area contributed by atoms with Crippen molar-refractivity contribution >= 4 is 17.8 Å². The maximum absolute atomic E-state index is 11.9. The Morgan fingerprint density at radius 1 is 1.27 bits per heavy atom. The molecule has 0 heterocycles. The van der Waals surface area contributed by atoms with Crippen molar-refractivity contribution in [3.8, 4) is 11.8 Å². The highest BCUT2D eigenvalue weighted by Gasteiger charge is 2.11. The van der Waals surface area contributed by atoms with E-state index in [1.165, 1.54) is 30.2 Å². The van der Waals surface area contributed by atoms with Gasteiger partial charge in [0.25, 0.3) is 0 Å². The molecule has 0 aliphatic carbocycles. The average molecular weight is 354 g/mol. The Hall–Kier alpha value is -3.66. The van der Waals surface area contributed by atoms with Gasteiger partial charge in [0.1, 0.15) is 24.0 Å². The van der Waals surface area contributed by atoms with E-state index in [0.717, 1.165) is 6.08 Å². The Morgan fingerprint density at radius 3 is 2.54 bits per heavy atom. The lowest BCUT2D eigenvalue weighted by Crippen LogP contribution is -2.27. The van der Waals surface area contributed by atoms with Gasteiger partial charge in [-0.25, -0.2) is 9.59 Å². The van der Waals surface area contributed by atoms with Crippen LogP contribution in [0, 0.1) is 11.3 Å². The van der Waals surface area contributed by atoms with Crippen LogP contribution in [0.15, 0.2) is 66.9 Å². The van der Waals surface area contributed by atoms with Crippen molar-refractivity contribution in [2.45, 2.75) is 6.92 Å². The minimum absolute atomic E-state index is 0.0142. The first kappa shape index (κ1) is 20.4. The molecule has 7 heteroatoms. The van der Waals surface area contributed by atoms with Crippen LogP contribution in [0.1, 0.15) is 6.92 Å². The fraction of sp³-hybridized carbons (Fsp3) is 0.158. The molecule has 26 heavy (non-hydrogen) atoms. The second-order valence-electron chi connectivity index (χ2n) is 4.82. The van der Waals surface area contributed by atoms with Crippen LogP contribution in [-0.2, 0) is 19.1 Å². The lowest BCUT2D eigenvalue weighted by Gasteiger charge is -2.15. The van der Waals surface area contributed by atoms with E-state index in [0.29, 0.717) is 5.75 Å². The van der Waals surface area contributed by atoms with Crippen LogP contribution in [0.2, 0.25) is 0 Å². The molecule has 0 aliphatic rings. The smallest absolute Gasteiger partial charge is 0.354 e. The van der Waals surface area contributed by atoms with E-state index in [9.17, 15) is 14.4 Å². The zero-order valence-electron chi connectivity index (χ0n) is 14.3. The van der Waals surface area contributed by atoms with E-state index >= 15 is 0 Å². The van der Waals surface area contributed by atoms with Gasteiger partial charge in [0, 0.05) is 19.2 Å². The first-order chi connectivity index (χ1) is 12.5. The first-order valence-corrected chi connectivity index (χ1v) is 7.60. The summed E-state index contributed by atoms with van der Waals surface area (Å²) in [5.41, 5.74) is -0.230. The molecule has 0 radical (unpaired) electrons. The fourth-order valence-corrected chi connectivity index (χ4v) is 1.69. The first-order valence-electron chi connectivity index (χ1n) is 7.60. The molecule has 0 saturated carbocycles. The zero-order valence-corrected chi connectivity index (χ0v) is 14.3. The van der Waals surface area contributed by atoms with Crippen molar-refractivity contribution in [1.29, 1.82) is 5.26 Å². The van der Waals surface area contributed by atoms with Crippen molar-refractivity contribution in [3.05, 3.63) is 66.9 Å². The number of hydrogen-bond donors (Lipinski definition) is 0. The lowest BCUT2D eigenvalue weighted by atomic mass is 10.2. The average Bonchev–Trinajstić information content (AvgIpc) is 2.63. The number of benzene rings is 1. The standard InChI is InChI=1S/C19H18N2O5/c1-3-18(23)25-13-12-21(15(2)22)11-7-8-16(14-20)19(24)26-17-9-5-4-6-10-17/h3-11H,1,12-13H2,2H3/b11-7+,16-8?. The molecule has 0 fully saturated rings. The summed E-state index contributed by atoms with van der Waals surface area (Å²) in [6.45, 7) is 4.71. The SMILES string of the molecule is C=CC(=O)OCCN(/C=C/C=C(C#N)C(=O)Oc1ccccc1)C(C)=O. The molecule has 0 saturated heterocycles.